The standard InChI is InChI=1S/C11H13ClO3S/c12-16(13,14)11(6-7-11)9-15-8-10-4-2-1-3-5-10/h1-5H,6-9H2. The molecule has 5 heteroatoms. The van der Waals surface area contributed by atoms with E-state index in [1.54, 1.807) is 0 Å². The van der Waals surface area contributed by atoms with E-state index in [0.29, 0.717) is 19.4 Å². The third kappa shape index (κ3) is 2.56. The third-order valence-corrected chi connectivity index (χ3v) is 5.34. The molecule has 0 radical (unpaired) electrons. The van der Waals surface area contributed by atoms with E-state index < -0.39 is 13.8 Å². The Morgan fingerprint density at radius 2 is 1.88 bits per heavy atom. The van der Waals surface area contributed by atoms with Crippen molar-refractivity contribution in [3.63, 3.8) is 0 Å². The highest BCUT2D eigenvalue weighted by atomic mass is 35.7. The van der Waals surface area contributed by atoms with E-state index in [0.717, 1.165) is 5.56 Å². The molecule has 0 atom stereocenters. The fourth-order valence-electron chi connectivity index (χ4n) is 1.53. The van der Waals surface area contributed by atoms with Gasteiger partial charge in [-0.2, -0.15) is 0 Å². The fourth-order valence-corrected chi connectivity index (χ4v) is 2.94. The van der Waals surface area contributed by atoms with E-state index in [4.69, 9.17) is 15.4 Å². The minimum atomic E-state index is -3.50. The zero-order valence-corrected chi connectivity index (χ0v) is 10.3. The van der Waals surface area contributed by atoms with Crippen LogP contribution in [0.15, 0.2) is 30.3 Å². The maximum absolute atomic E-state index is 11.2. The maximum atomic E-state index is 11.2. The molecule has 1 aromatic carbocycles. The monoisotopic (exact) mass is 260 g/mol. The first-order valence-corrected chi connectivity index (χ1v) is 7.40. The van der Waals surface area contributed by atoms with Crippen LogP contribution in [-0.2, 0) is 20.4 Å². The molecule has 1 fully saturated rings. The van der Waals surface area contributed by atoms with Crippen LogP contribution in [0.25, 0.3) is 0 Å². The number of rotatable bonds is 5. The molecule has 16 heavy (non-hydrogen) atoms. The van der Waals surface area contributed by atoms with Crippen molar-refractivity contribution in [1.29, 1.82) is 0 Å². The van der Waals surface area contributed by atoms with Gasteiger partial charge in [0.2, 0.25) is 9.05 Å². The molecular weight excluding hydrogens is 248 g/mol. The molecule has 0 bridgehead atoms. The van der Waals surface area contributed by atoms with Gasteiger partial charge < -0.3 is 4.74 Å². The zero-order chi connectivity index (χ0) is 11.6. The minimum Gasteiger partial charge on any atom is -0.375 e. The summed E-state index contributed by atoms with van der Waals surface area (Å²) in [6.07, 6.45) is 1.21. The van der Waals surface area contributed by atoms with Crippen molar-refractivity contribution in [2.45, 2.75) is 24.2 Å². The van der Waals surface area contributed by atoms with Crippen LogP contribution in [0, 0.1) is 0 Å². The molecule has 0 saturated heterocycles. The van der Waals surface area contributed by atoms with Crippen molar-refractivity contribution in [2.24, 2.45) is 0 Å². The van der Waals surface area contributed by atoms with Gasteiger partial charge in [0.15, 0.2) is 0 Å². The van der Waals surface area contributed by atoms with Gasteiger partial charge in [0, 0.05) is 10.7 Å². The summed E-state index contributed by atoms with van der Waals surface area (Å²) in [7, 11) is 1.86. The van der Waals surface area contributed by atoms with Crippen LogP contribution in [-0.4, -0.2) is 19.8 Å². The Morgan fingerprint density at radius 1 is 1.25 bits per heavy atom. The molecule has 0 N–H and O–H groups in total. The largest absolute Gasteiger partial charge is 0.375 e. The van der Waals surface area contributed by atoms with Gasteiger partial charge in [-0.3, -0.25) is 0 Å². The number of ether oxygens (including phenoxy) is 1. The van der Waals surface area contributed by atoms with Crippen LogP contribution in [0.4, 0.5) is 0 Å². The summed E-state index contributed by atoms with van der Waals surface area (Å²) in [5, 5.41) is 0. The molecule has 1 aromatic rings. The van der Waals surface area contributed by atoms with E-state index in [1.165, 1.54) is 0 Å². The first kappa shape index (κ1) is 11.9. The predicted molar refractivity (Wildman–Crippen MR) is 62.8 cm³/mol. The second kappa shape index (κ2) is 4.35. The van der Waals surface area contributed by atoms with E-state index in [-0.39, 0.29) is 6.61 Å². The highest BCUT2D eigenvalue weighted by Crippen LogP contribution is 2.45. The summed E-state index contributed by atoms with van der Waals surface area (Å²) < 4.78 is 27.1. The van der Waals surface area contributed by atoms with Crippen LogP contribution >= 0.6 is 10.7 Å². The van der Waals surface area contributed by atoms with Crippen LogP contribution in [0.5, 0.6) is 0 Å². The van der Waals surface area contributed by atoms with Crippen molar-refractivity contribution in [1.82, 2.24) is 0 Å². The van der Waals surface area contributed by atoms with Crippen molar-refractivity contribution in [3.05, 3.63) is 35.9 Å². The number of hydrogen-bond donors (Lipinski definition) is 0. The van der Waals surface area contributed by atoms with Crippen LogP contribution < -0.4 is 0 Å². The number of hydrogen-bond acceptors (Lipinski definition) is 3. The Balaban J connectivity index is 1.86. The Kier molecular flexibility index (Phi) is 3.24. The molecular formula is C11H13ClO3S. The second-order valence-electron chi connectivity index (χ2n) is 4.10. The molecule has 0 heterocycles. The Hall–Kier alpha value is -0.580. The van der Waals surface area contributed by atoms with Crippen LogP contribution in [0.3, 0.4) is 0 Å². The molecule has 1 aliphatic carbocycles. The summed E-state index contributed by atoms with van der Waals surface area (Å²) in [5.41, 5.74) is 1.03. The molecule has 0 aliphatic heterocycles. The lowest BCUT2D eigenvalue weighted by atomic mass is 10.2. The lowest BCUT2D eigenvalue weighted by molar-refractivity contribution is 0.116. The third-order valence-electron chi connectivity index (χ3n) is 2.80. The first-order valence-electron chi connectivity index (χ1n) is 5.09. The molecule has 1 saturated carbocycles. The topological polar surface area (TPSA) is 43.4 Å². The van der Waals surface area contributed by atoms with Gasteiger partial charge in [0.05, 0.1) is 13.2 Å². The highest BCUT2D eigenvalue weighted by Gasteiger charge is 2.54. The normalized spacial score (nSPS) is 18.3. The molecule has 0 unspecified atom stereocenters. The van der Waals surface area contributed by atoms with Gasteiger partial charge in [-0.05, 0) is 18.4 Å². The zero-order valence-electron chi connectivity index (χ0n) is 8.73. The fraction of sp³-hybridized carbons (Fsp3) is 0.455. The highest BCUT2D eigenvalue weighted by molar-refractivity contribution is 8.15. The van der Waals surface area contributed by atoms with Crippen LogP contribution in [0.2, 0.25) is 0 Å². The quantitative estimate of drug-likeness (QED) is 0.763. The van der Waals surface area contributed by atoms with Crippen LogP contribution in [0.1, 0.15) is 18.4 Å². The SMILES string of the molecule is O=S(=O)(Cl)C1(COCc2ccccc2)CC1. The van der Waals surface area contributed by atoms with Gasteiger partial charge >= 0.3 is 0 Å². The van der Waals surface area contributed by atoms with Crippen molar-refractivity contribution < 1.29 is 13.2 Å². The summed E-state index contributed by atoms with van der Waals surface area (Å²) in [6.45, 7) is 0.614. The van der Waals surface area contributed by atoms with E-state index in [2.05, 4.69) is 0 Å². The molecule has 0 amide bonds. The number of benzene rings is 1. The van der Waals surface area contributed by atoms with E-state index in [9.17, 15) is 8.42 Å². The van der Waals surface area contributed by atoms with Gasteiger partial charge in [-0.1, -0.05) is 30.3 Å². The molecule has 0 aromatic heterocycles. The average molecular weight is 261 g/mol. The number of halogens is 1. The van der Waals surface area contributed by atoms with Crippen molar-refractivity contribution >= 4 is 19.7 Å². The van der Waals surface area contributed by atoms with Gasteiger partial charge in [0.1, 0.15) is 4.75 Å². The lowest BCUT2D eigenvalue weighted by Crippen LogP contribution is -2.24. The summed E-state index contributed by atoms with van der Waals surface area (Å²) in [5.74, 6) is 0. The molecule has 0 spiro atoms. The Labute approximate surface area is 99.8 Å². The first-order chi connectivity index (χ1) is 7.54. The van der Waals surface area contributed by atoms with Gasteiger partial charge in [-0.15, -0.1) is 0 Å². The van der Waals surface area contributed by atoms with E-state index >= 15 is 0 Å². The smallest absolute Gasteiger partial charge is 0.240 e. The lowest BCUT2D eigenvalue weighted by Gasteiger charge is -2.11. The predicted octanol–water partition coefficient (Wildman–Crippen LogP) is 2.30. The molecule has 3 nitrogen and oxygen atoms in total. The average Bonchev–Trinajstić information content (AvgIpc) is 3.00. The molecule has 1 aliphatic rings. The van der Waals surface area contributed by atoms with Gasteiger partial charge in [0.25, 0.3) is 0 Å². The van der Waals surface area contributed by atoms with E-state index in [1.807, 2.05) is 30.3 Å². The molecule has 2 rings (SSSR count). The Bertz CT molecular complexity index is 451. The summed E-state index contributed by atoms with van der Waals surface area (Å²) in [4.78, 5) is 0. The minimum absolute atomic E-state index is 0.188. The Morgan fingerprint density at radius 3 is 2.38 bits per heavy atom. The molecule has 88 valence electrons. The second-order valence-corrected chi connectivity index (χ2v) is 7.06. The van der Waals surface area contributed by atoms with Crippen molar-refractivity contribution in [2.75, 3.05) is 6.61 Å². The van der Waals surface area contributed by atoms with Gasteiger partial charge in [-0.25, -0.2) is 8.42 Å². The maximum Gasteiger partial charge on any atom is 0.240 e. The summed E-state index contributed by atoms with van der Waals surface area (Å²) in [6, 6.07) is 9.65. The summed E-state index contributed by atoms with van der Waals surface area (Å²) >= 11 is 0. The van der Waals surface area contributed by atoms with Crippen molar-refractivity contribution in [3.8, 4) is 0 Å².